The van der Waals surface area contributed by atoms with Crippen LogP contribution in [0.25, 0.3) is 0 Å². The fraction of sp³-hybridized carbons (Fsp3) is 0.300. The van der Waals surface area contributed by atoms with E-state index in [2.05, 4.69) is 10.0 Å². The van der Waals surface area contributed by atoms with Gasteiger partial charge < -0.3 is 10.2 Å². The molecule has 0 aromatic heterocycles. The van der Waals surface area contributed by atoms with Gasteiger partial charge in [0.25, 0.3) is 0 Å². The Bertz CT molecular complexity index is 991. The number of benzene rings is 2. The van der Waals surface area contributed by atoms with E-state index < -0.39 is 15.9 Å². The quantitative estimate of drug-likeness (QED) is 0.695. The average Bonchev–Trinajstić information content (AvgIpc) is 3.09. The molecule has 3 rings (SSSR count). The molecule has 29 heavy (non-hydrogen) atoms. The Balaban J connectivity index is 1.54. The van der Waals surface area contributed by atoms with Gasteiger partial charge in [-0.15, -0.1) is 0 Å². The summed E-state index contributed by atoms with van der Waals surface area (Å²) in [5.74, 6) is -0.793. The SMILES string of the molecule is CNS(=O)(=O)Cc1ccc(CNC(=O)C2CC(=O)N(c3ccc(Cl)cc3)C2)cc1. The van der Waals surface area contributed by atoms with E-state index in [1.54, 1.807) is 53.4 Å². The predicted molar refractivity (Wildman–Crippen MR) is 112 cm³/mol. The van der Waals surface area contributed by atoms with Crippen molar-refractivity contribution in [3.8, 4) is 0 Å². The van der Waals surface area contributed by atoms with Crippen LogP contribution in [0.1, 0.15) is 17.5 Å². The molecule has 0 saturated carbocycles. The maximum absolute atomic E-state index is 12.5. The summed E-state index contributed by atoms with van der Waals surface area (Å²) < 4.78 is 25.4. The summed E-state index contributed by atoms with van der Waals surface area (Å²) in [7, 11) is -1.95. The molecule has 2 N–H and O–H groups in total. The van der Waals surface area contributed by atoms with E-state index in [1.165, 1.54) is 7.05 Å². The van der Waals surface area contributed by atoms with Crippen LogP contribution in [-0.4, -0.2) is 33.8 Å². The highest BCUT2D eigenvalue weighted by atomic mass is 35.5. The standard InChI is InChI=1S/C20H22ClN3O4S/c1-22-29(27,28)13-15-4-2-14(3-5-15)11-23-20(26)16-10-19(25)24(12-16)18-8-6-17(21)7-9-18/h2-9,16,22H,10-13H2,1H3,(H,23,26). The zero-order valence-corrected chi connectivity index (χ0v) is 17.5. The molecular formula is C20H22ClN3O4S. The molecule has 9 heteroatoms. The van der Waals surface area contributed by atoms with Gasteiger partial charge >= 0.3 is 0 Å². The van der Waals surface area contributed by atoms with E-state index in [0.29, 0.717) is 23.7 Å². The second-order valence-electron chi connectivity index (χ2n) is 6.88. The summed E-state index contributed by atoms with van der Waals surface area (Å²) in [4.78, 5) is 26.4. The maximum Gasteiger partial charge on any atom is 0.227 e. The third kappa shape index (κ3) is 5.56. The number of halogens is 1. The molecule has 1 atom stereocenters. The monoisotopic (exact) mass is 435 g/mol. The smallest absolute Gasteiger partial charge is 0.227 e. The summed E-state index contributed by atoms with van der Waals surface area (Å²) in [5, 5.41) is 3.44. The lowest BCUT2D eigenvalue weighted by Crippen LogP contribution is -2.32. The number of nitrogens with zero attached hydrogens (tertiary/aromatic N) is 1. The first-order valence-electron chi connectivity index (χ1n) is 9.10. The van der Waals surface area contributed by atoms with Crippen molar-refractivity contribution in [2.24, 2.45) is 5.92 Å². The van der Waals surface area contributed by atoms with Gasteiger partial charge in [-0.3, -0.25) is 9.59 Å². The number of nitrogens with one attached hydrogen (secondary N) is 2. The lowest BCUT2D eigenvalue weighted by atomic mass is 10.1. The molecule has 0 aliphatic carbocycles. The first-order chi connectivity index (χ1) is 13.8. The van der Waals surface area contributed by atoms with Crippen molar-refractivity contribution < 1.29 is 18.0 Å². The number of amides is 2. The molecular weight excluding hydrogens is 414 g/mol. The Labute approximate surface area is 175 Å². The first-order valence-corrected chi connectivity index (χ1v) is 11.1. The molecule has 1 heterocycles. The van der Waals surface area contributed by atoms with E-state index in [4.69, 9.17) is 11.6 Å². The number of hydrogen-bond acceptors (Lipinski definition) is 4. The fourth-order valence-corrected chi connectivity index (χ4v) is 4.03. The minimum absolute atomic E-state index is 0.0948. The summed E-state index contributed by atoms with van der Waals surface area (Å²) in [5.41, 5.74) is 2.24. The van der Waals surface area contributed by atoms with Crippen molar-refractivity contribution in [2.45, 2.75) is 18.7 Å². The van der Waals surface area contributed by atoms with Gasteiger partial charge in [-0.05, 0) is 42.4 Å². The summed E-state index contributed by atoms with van der Waals surface area (Å²) >= 11 is 5.88. The van der Waals surface area contributed by atoms with Crippen molar-refractivity contribution in [3.05, 3.63) is 64.7 Å². The van der Waals surface area contributed by atoms with Gasteiger partial charge in [-0.2, -0.15) is 0 Å². The molecule has 1 unspecified atom stereocenters. The summed E-state index contributed by atoms with van der Waals surface area (Å²) in [6.07, 6.45) is 0.162. The van der Waals surface area contributed by atoms with Gasteiger partial charge in [0.15, 0.2) is 0 Å². The van der Waals surface area contributed by atoms with Gasteiger partial charge in [0.1, 0.15) is 0 Å². The number of carbonyl (C=O) groups is 2. The van der Waals surface area contributed by atoms with Gasteiger partial charge in [-0.1, -0.05) is 35.9 Å². The highest BCUT2D eigenvalue weighted by Crippen LogP contribution is 2.26. The third-order valence-electron chi connectivity index (χ3n) is 4.79. The Morgan fingerprint density at radius 3 is 2.34 bits per heavy atom. The Morgan fingerprint density at radius 1 is 1.10 bits per heavy atom. The fourth-order valence-electron chi connectivity index (χ4n) is 3.13. The van der Waals surface area contributed by atoms with E-state index >= 15 is 0 Å². The molecule has 0 bridgehead atoms. The Kier molecular flexibility index (Phi) is 6.56. The van der Waals surface area contributed by atoms with E-state index in [1.807, 2.05) is 0 Å². The van der Waals surface area contributed by atoms with E-state index in [-0.39, 0.29) is 24.0 Å². The molecule has 2 aromatic rings. The number of carbonyl (C=O) groups excluding carboxylic acids is 2. The molecule has 7 nitrogen and oxygen atoms in total. The van der Waals surface area contributed by atoms with Crippen molar-refractivity contribution in [3.63, 3.8) is 0 Å². The van der Waals surface area contributed by atoms with Crippen LogP contribution < -0.4 is 14.9 Å². The van der Waals surface area contributed by atoms with Crippen LogP contribution in [0, 0.1) is 5.92 Å². The van der Waals surface area contributed by atoms with Crippen LogP contribution in [0.15, 0.2) is 48.5 Å². The van der Waals surface area contributed by atoms with Gasteiger partial charge in [0, 0.05) is 30.2 Å². The molecule has 0 radical (unpaired) electrons. The second kappa shape index (κ2) is 8.94. The first kappa shape index (κ1) is 21.3. The molecule has 1 aliphatic rings. The van der Waals surface area contributed by atoms with E-state index in [9.17, 15) is 18.0 Å². The van der Waals surface area contributed by atoms with Crippen molar-refractivity contribution >= 4 is 39.1 Å². The van der Waals surface area contributed by atoms with Crippen LogP contribution >= 0.6 is 11.6 Å². The van der Waals surface area contributed by atoms with Gasteiger partial charge in [0.2, 0.25) is 21.8 Å². The molecule has 1 fully saturated rings. The lowest BCUT2D eigenvalue weighted by Gasteiger charge is -2.16. The van der Waals surface area contributed by atoms with Crippen LogP contribution in [0.5, 0.6) is 0 Å². The zero-order chi connectivity index (χ0) is 21.0. The normalized spacial score (nSPS) is 16.8. The van der Waals surface area contributed by atoms with Gasteiger partial charge in [-0.25, -0.2) is 13.1 Å². The second-order valence-corrected chi connectivity index (χ2v) is 9.24. The van der Waals surface area contributed by atoms with Gasteiger partial charge in [0.05, 0.1) is 11.7 Å². The molecule has 1 aliphatic heterocycles. The Morgan fingerprint density at radius 2 is 1.72 bits per heavy atom. The molecule has 2 amide bonds. The highest BCUT2D eigenvalue weighted by Gasteiger charge is 2.34. The van der Waals surface area contributed by atoms with Crippen molar-refractivity contribution in [1.29, 1.82) is 0 Å². The minimum atomic E-state index is -3.32. The number of sulfonamides is 1. The summed E-state index contributed by atoms with van der Waals surface area (Å²) in [6.45, 7) is 0.636. The van der Waals surface area contributed by atoms with Crippen LogP contribution in [0.4, 0.5) is 5.69 Å². The number of anilines is 1. The number of rotatable bonds is 7. The van der Waals surface area contributed by atoms with E-state index in [0.717, 1.165) is 11.3 Å². The van der Waals surface area contributed by atoms with Crippen LogP contribution in [0.2, 0.25) is 5.02 Å². The van der Waals surface area contributed by atoms with Crippen LogP contribution in [0.3, 0.4) is 0 Å². The van der Waals surface area contributed by atoms with Crippen molar-refractivity contribution in [2.75, 3.05) is 18.5 Å². The van der Waals surface area contributed by atoms with Crippen molar-refractivity contribution in [1.82, 2.24) is 10.0 Å². The average molecular weight is 436 g/mol. The van der Waals surface area contributed by atoms with Crippen LogP contribution in [-0.2, 0) is 31.9 Å². The zero-order valence-electron chi connectivity index (χ0n) is 15.9. The predicted octanol–water partition coefficient (Wildman–Crippen LogP) is 2.06. The maximum atomic E-state index is 12.5. The highest BCUT2D eigenvalue weighted by molar-refractivity contribution is 7.88. The molecule has 1 saturated heterocycles. The topological polar surface area (TPSA) is 95.6 Å². The Hall–Kier alpha value is -2.42. The minimum Gasteiger partial charge on any atom is -0.352 e. The summed E-state index contributed by atoms with van der Waals surface area (Å²) in [6, 6.07) is 13.9. The lowest BCUT2D eigenvalue weighted by molar-refractivity contribution is -0.126. The molecule has 0 spiro atoms. The third-order valence-corrected chi connectivity index (χ3v) is 6.38. The molecule has 2 aromatic carbocycles. The number of hydrogen-bond donors (Lipinski definition) is 2. The largest absolute Gasteiger partial charge is 0.352 e. The molecule has 154 valence electrons.